The molecule has 0 saturated carbocycles. The fraction of sp³-hybridized carbons (Fsp3) is 0.421. The predicted octanol–water partition coefficient (Wildman–Crippen LogP) is 3.07. The minimum atomic E-state index is -0.314. The number of hydrogen-bond acceptors (Lipinski definition) is 4. The second kappa shape index (κ2) is 5.19. The number of hydrogen-bond donors (Lipinski definition) is 0. The van der Waals surface area contributed by atoms with E-state index >= 15 is 0 Å². The third-order valence-corrected chi connectivity index (χ3v) is 5.50. The van der Waals surface area contributed by atoms with Crippen molar-refractivity contribution in [3.8, 4) is 0 Å². The molecule has 2 aliphatic heterocycles. The molecule has 2 saturated heterocycles. The van der Waals surface area contributed by atoms with Crippen LogP contribution in [0.5, 0.6) is 0 Å². The molecule has 0 N–H and O–H groups in total. The van der Waals surface area contributed by atoms with Crippen LogP contribution in [0.2, 0.25) is 0 Å². The molecule has 5 heteroatoms. The number of rotatable bonds is 1. The Labute approximate surface area is 140 Å². The first-order chi connectivity index (χ1) is 11.8. The first-order valence-electron chi connectivity index (χ1n) is 8.61. The quantitative estimate of drug-likeness (QED) is 0.690. The molecule has 4 heterocycles. The second-order valence-corrected chi connectivity index (χ2v) is 6.75. The van der Waals surface area contributed by atoms with Crippen LogP contribution in [-0.2, 0) is 16.5 Å². The van der Waals surface area contributed by atoms with E-state index in [4.69, 9.17) is 9.47 Å². The van der Waals surface area contributed by atoms with Gasteiger partial charge in [0.2, 0.25) is 0 Å². The van der Waals surface area contributed by atoms with E-state index in [0.717, 1.165) is 39.1 Å². The zero-order chi connectivity index (χ0) is 16.1. The summed E-state index contributed by atoms with van der Waals surface area (Å²) in [6, 6.07) is 8.82. The van der Waals surface area contributed by atoms with Crippen LogP contribution in [0, 0.1) is 0 Å². The summed E-state index contributed by atoms with van der Waals surface area (Å²) in [4.78, 5) is 6.71. The summed E-state index contributed by atoms with van der Waals surface area (Å²) in [6.07, 6.45) is 5.68. The van der Waals surface area contributed by atoms with Crippen molar-refractivity contribution in [1.82, 2.24) is 9.55 Å². The van der Waals surface area contributed by atoms with Gasteiger partial charge in [-0.1, -0.05) is 6.07 Å². The van der Waals surface area contributed by atoms with Gasteiger partial charge in [-0.2, -0.15) is 0 Å². The number of ether oxygens (including phenoxy) is 2. The maximum absolute atomic E-state index is 5.83. The normalized spacial score (nSPS) is 20.5. The van der Waals surface area contributed by atoms with Gasteiger partial charge in [0.15, 0.2) is 5.79 Å². The Morgan fingerprint density at radius 1 is 1.00 bits per heavy atom. The minimum absolute atomic E-state index is 0.314. The van der Waals surface area contributed by atoms with Gasteiger partial charge in [0, 0.05) is 61.8 Å². The third kappa shape index (κ3) is 2.05. The molecule has 3 aromatic rings. The van der Waals surface area contributed by atoms with E-state index in [0.29, 0.717) is 0 Å². The van der Waals surface area contributed by atoms with Crippen LogP contribution in [0.4, 0.5) is 5.69 Å². The molecule has 2 aromatic heterocycles. The van der Waals surface area contributed by atoms with Gasteiger partial charge in [-0.3, -0.25) is 4.98 Å². The molecule has 5 nitrogen and oxygen atoms in total. The largest absolute Gasteiger partial charge is 0.371 e. The van der Waals surface area contributed by atoms with Gasteiger partial charge in [-0.15, -0.1) is 0 Å². The molecular weight excluding hydrogens is 302 g/mol. The topological polar surface area (TPSA) is 39.5 Å². The summed E-state index contributed by atoms with van der Waals surface area (Å²) < 4.78 is 13.9. The van der Waals surface area contributed by atoms with Gasteiger partial charge < -0.3 is 18.9 Å². The average Bonchev–Trinajstić information content (AvgIpc) is 3.20. The van der Waals surface area contributed by atoms with Crippen LogP contribution in [0.1, 0.15) is 12.8 Å². The molecule has 24 heavy (non-hydrogen) atoms. The van der Waals surface area contributed by atoms with Crippen molar-refractivity contribution >= 4 is 27.5 Å². The van der Waals surface area contributed by atoms with Crippen LogP contribution < -0.4 is 4.90 Å². The van der Waals surface area contributed by atoms with Crippen molar-refractivity contribution in [1.29, 1.82) is 0 Å². The lowest BCUT2D eigenvalue weighted by Crippen LogP contribution is -2.45. The van der Waals surface area contributed by atoms with Gasteiger partial charge in [0.05, 0.1) is 24.2 Å². The van der Waals surface area contributed by atoms with Crippen LogP contribution in [0.25, 0.3) is 21.8 Å². The first-order valence-corrected chi connectivity index (χ1v) is 8.61. The van der Waals surface area contributed by atoms with E-state index < -0.39 is 0 Å². The molecule has 0 atom stereocenters. The molecule has 0 unspecified atom stereocenters. The summed E-state index contributed by atoms with van der Waals surface area (Å²) >= 11 is 0. The Morgan fingerprint density at radius 3 is 2.58 bits per heavy atom. The van der Waals surface area contributed by atoms with Gasteiger partial charge in [-0.25, -0.2) is 0 Å². The van der Waals surface area contributed by atoms with Gasteiger partial charge in [-0.05, 0) is 18.2 Å². The molecule has 2 fully saturated rings. The first kappa shape index (κ1) is 14.3. The zero-order valence-electron chi connectivity index (χ0n) is 13.9. The number of aromatic nitrogens is 2. The Kier molecular flexibility index (Phi) is 3.08. The molecule has 1 aromatic carbocycles. The molecule has 0 aliphatic carbocycles. The highest BCUT2D eigenvalue weighted by Crippen LogP contribution is 2.35. The van der Waals surface area contributed by atoms with Gasteiger partial charge in [0.1, 0.15) is 0 Å². The van der Waals surface area contributed by atoms with Crippen molar-refractivity contribution in [2.75, 3.05) is 31.2 Å². The SMILES string of the molecule is Cn1c2ccncc2c2ccc(N3CCC4(CC3)OCCO4)cc21. The van der Waals surface area contributed by atoms with Crippen LogP contribution in [0.3, 0.4) is 0 Å². The van der Waals surface area contributed by atoms with E-state index in [1.54, 1.807) is 0 Å². The smallest absolute Gasteiger partial charge is 0.171 e. The molecule has 5 rings (SSSR count). The zero-order valence-corrected chi connectivity index (χ0v) is 13.9. The van der Waals surface area contributed by atoms with E-state index in [2.05, 4.69) is 45.8 Å². The molecule has 124 valence electrons. The average molecular weight is 323 g/mol. The standard InChI is InChI=1S/C19H21N3O2/c1-21-17-4-7-20-13-16(17)15-3-2-14(12-18(15)21)22-8-5-19(6-9-22)23-10-11-24-19/h2-4,7,12-13H,5-6,8-11H2,1H3. The number of piperidine rings is 1. The second-order valence-electron chi connectivity index (χ2n) is 6.75. The van der Waals surface area contributed by atoms with Crippen LogP contribution in [-0.4, -0.2) is 41.6 Å². The summed E-state index contributed by atoms with van der Waals surface area (Å²) in [5.41, 5.74) is 3.75. The minimum Gasteiger partial charge on any atom is -0.371 e. The molecule has 1 spiro atoms. The maximum Gasteiger partial charge on any atom is 0.171 e. The highest BCUT2D eigenvalue weighted by atomic mass is 16.7. The molecule has 0 radical (unpaired) electrons. The Balaban J connectivity index is 1.50. The van der Waals surface area contributed by atoms with E-state index in [9.17, 15) is 0 Å². The lowest BCUT2D eigenvalue weighted by Gasteiger charge is -2.38. The number of benzene rings is 1. The van der Waals surface area contributed by atoms with Crippen molar-refractivity contribution in [3.63, 3.8) is 0 Å². The van der Waals surface area contributed by atoms with Gasteiger partial charge in [0.25, 0.3) is 0 Å². The Hall–Kier alpha value is -2.11. The molecule has 0 amide bonds. The highest BCUT2D eigenvalue weighted by Gasteiger charge is 2.39. The van der Waals surface area contributed by atoms with E-state index in [-0.39, 0.29) is 5.79 Å². The fourth-order valence-corrected chi connectivity index (χ4v) is 4.13. The lowest BCUT2D eigenvalue weighted by atomic mass is 10.0. The summed E-state index contributed by atoms with van der Waals surface area (Å²) in [5.74, 6) is -0.314. The molecule has 0 bridgehead atoms. The third-order valence-electron chi connectivity index (χ3n) is 5.50. The van der Waals surface area contributed by atoms with Crippen molar-refractivity contribution in [2.45, 2.75) is 18.6 Å². The van der Waals surface area contributed by atoms with E-state index in [1.807, 2.05) is 12.4 Å². The number of fused-ring (bicyclic) bond motifs is 3. The van der Waals surface area contributed by atoms with E-state index in [1.165, 1.54) is 27.5 Å². The number of pyridine rings is 1. The number of nitrogens with zero attached hydrogens (tertiary/aromatic N) is 3. The van der Waals surface area contributed by atoms with Crippen LogP contribution >= 0.6 is 0 Å². The predicted molar refractivity (Wildman–Crippen MR) is 94.3 cm³/mol. The van der Waals surface area contributed by atoms with Crippen molar-refractivity contribution < 1.29 is 9.47 Å². The molecule has 2 aliphatic rings. The van der Waals surface area contributed by atoms with Crippen molar-refractivity contribution in [3.05, 3.63) is 36.7 Å². The maximum atomic E-state index is 5.83. The lowest BCUT2D eigenvalue weighted by molar-refractivity contribution is -0.169. The Morgan fingerprint density at radius 2 is 1.79 bits per heavy atom. The summed E-state index contributed by atoms with van der Waals surface area (Å²) in [6.45, 7) is 3.40. The summed E-state index contributed by atoms with van der Waals surface area (Å²) in [5, 5.41) is 2.48. The van der Waals surface area contributed by atoms with Crippen LogP contribution in [0.15, 0.2) is 36.7 Å². The number of aryl methyl sites for hydroxylation is 1. The fourth-order valence-electron chi connectivity index (χ4n) is 4.13. The monoisotopic (exact) mass is 323 g/mol. The van der Waals surface area contributed by atoms with Gasteiger partial charge >= 0.3 is 0 Å². The molecular formula is C19H21N3O2. The highest BCUT2D eigenvalue weighted by molar-refractivity contribution is 6.08. The van der Waals surface area contributed by atoms with Crippen molar-refractivity contribution in [2.24, 2.45) is 7.05 Å². The number of anilines is 1. The summed E-state index contributed by atoms with van der Waals surface area (Å²) in [7, 11) is 2.12. The Bertz CT molecular complexity index is 902.